The highest BCUT2D eigenvalue weighted by molar-refractivity contribution is 5.98. The van der Waals surface area contributed by atoms with Crippen molar-refractivity contribution in [1.29, 1.82) is 0 Å². The molecule has 4 aromatic rings. The molecule has 0 aliphatic rings. The van der Waals surface area contributed by atoms with E-state index in [0.29, 0.717) is 34.9 Å². The van der Waals surface area contributed by atoms with Crippen LogP contribution in [0.1, 0.15) is 77.8 Å². The molecule has 9 nitrogen and oxygen atoms in total. The minimum atomic E-state index is -0.771. The molecule has 0 saturated heterocycles. The third-order valence-corrected chi connectivity index (χ3v) is 7.71. The summed E-state index contributed by atoms with van der Waals surface area (Å²) in [5.41, 5.74) is 2.79. The molecule has 250 valence electrons. The van der Waals surface area contributed by atoms with Gasteiger partial charge in [0.2, 0.25) is 5.91 Å². The number of benzene rings is 4. The van der Waals surface area contributed by atoms with Gasteiger partial charge in [0, 0.05) is 11.3 Å². The van der Waals surface area contributed by atoms with E-state index in [4.69, 9.17) is 9.47 Å². The molecule has 0 unspecified atom stereocenters. The summed E-state index contributed by atoms with van der Waals surface area (Å²) < 4.78 is 11.3. The van der Waals surface area contributed by atoms with Crippen molar-refractivity contribution < 1.29 is 33.8 Å². The molecule has 0 fully saturated rings. The van der Waals surface area contributed by atoms with E-state index in [1.807, 2.05) is 0 Å². The maximum Gasteiger partial charge on any atom is 0.343 e. The maximum atomic E-state index is 12.9. The number of amides is 2. The number of hydrogen-bond acceptors (Lipinski definition) is 7. The fraction of sp³-hybridized carbons (Fsp3) is 0.282. The van der Waals surface area contributed by atoms with E-state index in [1.54, 1.807) is 84.9 Å². The number of hydrogen-bond donors (Lipinski definition) is 3. The molecule has 4 aromatic carbocycles. The van der Waals surface area contributed by atoms with Gasteiger partial charge in [0.05, 0.1) is 24.6 Å². The zero-order valence-electron chi connectivity index (χ0n) is 27.4. The number of rotatable bonds is 17. The number of carbonyl (C=O) groups excluding carboxylic acids is 4. The Bertz CT molecular complexity index is 1650. The lowest BCUT2D eigenvalue weighted by Crippen LogP contribution is -2.41. The molecular weight excluding hydrogens is 608 g/mol. The van der Waals surface area contributed by atoms with Gasteiger partial charge in [-0.25, -0.2) is 4.79 Å². The van der Waals surface area contributed by atoms with Gasteiger partial charge >= 0.3 is 5.97 Å². The average Bonchev–Trinajstić information content (AvgIpc) is 3.08. The van der Waals surface area contributed by atoms with Gasteiger partial charge < -0.3 is 25.2 Å². The van der Waals surface area contributed by atoms with E-state index in [9.17, 15) is 24.3 Å². The third kappa shape index (κ3) is 11.4. The van der Waals surface area contributed by atoms with Gasteiger partial charge in [0.1, 0.15) is 17.2 Å². The predicted octanol–water partition coefficient (Wildman–Crippen LogP) is 7.07. The molecule has 9 heteroatoms. The number of Topliss-reactive ketones (excluding diaryl/α,β-unsaturated/α-hetero) is 1. The molecule has 0 radical (unpaired) electrons. The Morgan fingerprint density at radius 2 is 1.31 bits per heavy atom. The zero-order valence-corrected chi connectivity index (χ0v) is 27.4. The molecule has 0 bridgehead atoms. The van der Waals surface area contributed by atoms with E-state index in [1.165, 1.54) is 38.3 Å². The first-order valence-corrected chi connectivity index (χ1v) is 16.2. The number of ketones is 1. The van der Waals surface area contributed by atoms with Crippen LogP contribution in [0.2, 0.25) is 0 Å². The number of phenolic OH excluding ortho intramolecular Hbond substituents is 1. The second-order valence-electron chi connectivity index (χ2n) is 11.6. The van der Waals surface area contributed by atoms with E-state index < -0.39 is 17.9 Å². The van der Waals surface area contributed by atoms with Gasteiger partial charge in [0.15, 0.2) is 5.78 Å². The fourth-order valence-electron chi connectivity index (χ4n) is 4.93. The molecule has 0 aliphatic heterocycles. The molecule has 0 heterocycles. The predicted molar refractivity (Wildman–Crippen MR) is 185 cm³/mol. The van der Waals surface area contributed by atoms with Crippen LogP contribution in [0.3, 0.4) is 0 Å². The molecule has 48 heavy (non-hydrogen) atoms. The SMILES string of the molecule is CCCCCCCOc1ccc(C(=O)Oc2ccc(C[C@H](NC(=O)c3ccc(NC(=O)Cc4ccc(O)cc4)cc3)C(C)=O)cc2)cc1. The van der Waals surface area contributed by atoms with Crippen molar-refractivity contribution in [3.8, 4) is 17.2 Å². The molecular formula is C39H42N2O7. The number of ether oxygens (including phenoxy) is 2. The standard InChI is InChI=1S/C39H42N2O7/c1-3-4-5-6-7-24-47-34-22-14-31(15-23-34)39(46)48-35-20-10-28(11-21-35)25-36(27(2)42)41-38(45)30-12-16-32(17-13-30)40-37(44)26-29-8-18-33(43)19-9-29/h8-23,36,43H,3-7,24-26H2,1-2H3,(H,40,44)(H,41,45)/t36-/m0/s1. The van der Waals surface area contributed by atoms with Crippen LogP contribution in [0.25, 0.3) is 0 Å². The highest BCUT2D eigenvalue weighted by Crippen LogP contribution is 2.19. The summed E-state index contributed by atoms with van der Waals surface area (Å²) in [5, 5.41) is 15.0. The van der Waals surface area contributed by atoms with Crippen molar-refractivity contribution in [3.63, 3.8) is 0 Å². The van der Waals surface area contributed by atoms with E-state index in [-0.39, 0.29) is 30.3 Å². The minimum Gasteiger partial charge on any atom is -0.508 e. The summed E-state index contributed by atoms with van der Waals surface area (Å²) in [6.45, 7) is 4.25. The second kappa shape index (κ2) is 18.0. The van der Waals surface area contributed by atoms with Gasteiger partial charge in [-0.05, 0) is 104 Å². The monoisotopic (exact) mass is 650 g/mol. The fourth-order valence-corrected chi connectivity index (χ4v) is 4.93. The van der Waals surface area contributed by atoms with E-state index in [0.717, 1.165) is 24.0 Å². The summed E-state index contributed by atoms with van der Waals surface area (Å²) >= 11 is 0. The Kier molecular flexibility index (Phi) is 13.3. The maximum absolute atomic E-state index is 12.9. The Balaban J connectivity index is 1.24. The highest BCUT2D eigenvalue weighted by atomic mass is 16.5. The van der Waals surface area contributed by atoms with Crippen molar-refractivity contribution in [1.82, 2.24) is 5.32 Å². The summed E-state index contributed by atoms with van der Waals surface area (Å²) in [5.74, 6) is -0.170. The molecule has 1 atom stereocenters. The Morgan fingerprint density at radius 1 is 0.708 bits per heavy atom. The van der Waals surface area contributed by atoms with Crippen molar-refractivity contribution in [2.75, 3.05) is 11.9 Å². The largest absolute Gasteiger partial charge is 0.508 e. The van der Waals surface area contributed by atoms with Crippen LogP contribution >= 0.6 is 0 Å². The zero-order chi connectivity index (χ0) is 34.3. The molecule has 0 aliphatic carbocycles. The smallest absolute Gasteiger partial charge is 0.343 e. The quantitative estimate of drug-likeness (QED) is 0.0633. The van der Waals surface area contributed by atoms with Crippen molar-refractivity contribution in [2.24, 2.45) is 0 Å². The van der Waals surface area contributed by atoms with Gasteiger partial charge in [-0.2, -0.15) is 0 Å². The van der Waals surface area contributed by atoms with Crippen molar-refractivity contribution >= 4 is 29.3 Å². The minimum absolute atomic E-state index is 0.128. The van der Waals surface area contributed by atoms with Crippen LogP contribution < -0.4 is 20.1 Å². The summed E-state index contributed by atoms with van der Waals surface area (Å²) in [7, 11) is 0. The van der Waals surface area contributed by atoms with Crippen LogP contribution in [0.15, 0.2) is 97.1 Å². The molecule has 3 N–H and O–H groups in total. The van der Waals surface area contributed by atoms with E-state index >= 15 is 0 Å². The van der Waals surface area contributed by atoms with Crippen LogP contribution in [-0.4, -0.2) is 41.3 Å². The Labute approximate surface area is 281 Å². The first-order valence-electron chi connectivity index (χ1n) is 16.2. The molecule has 0 spiro atoms. The normalized spacial score (nSPS) is 11.3. The third-order valence-electron chi connectivity index (χ3n) is 7.71. The topological polar surface area (TPSA) is 131 Å². The number of unbranched alkanes of at least 4 members (excludes halogenated alkanes) is 4. The first kappa shape index (κ1) is 35.4. The van der Waals surface area contributed by atoms with Crippen LogP contribution in [-0.2, 0) is 22.4 Å². The second-order valence-corrected chi connectivity index (χ2v) is 11.6. The average molecular weight is 651 g/mol. The van der Waals surface area contributed by atoms with Gasteiger partial charge in [0.25, 0.3) is 5.91 Å². The van der Waals surface area contributed by atoms with Crippen molar-refractivity contribution in [2.45, 2.75) is 64.8 Å². The number of anilines is 1. The van der Waals surface area contributed by atoms with Gasteiger partial charge in [-0.15, -0.1) is 0 Å². The van der Waals surface area contributed by atoms with Crippen LogP contribution in [0.5, 0.6) is 17.2 Å². The Hall–Kier alpha value is -5.44. The molecule has 0 aromatic heterocycles. The van der Waals surface area contributed by atoms with Crippen LogP contribution in [0, 0.1) is 0 Å². The number of esters is 1. The summed E-state index contributed by atoms with van der Waals surface area (Å²) in [6.07, 6.45) is 6.19. The van der Waals surface area contributed by atoms with Crippen molar-refractivity contribution in [3.05, 3.63) is 119 Å². The lowest BCUT2D eigenvalue weighted by Gasteiger charge is -2.17. The molecule has 0 saturated carbocycles. The highest BCUT2D eigenvalue weighted by Gasteiger charge is 2.19. The lowest BCUT2D eigenvalue weighted by molar-refractivity contribution is -0.119. The molecule has 2 amide bonds. The summed E-state index contributed by atoms with van der Waals surface area (Å²) in [4.78, 5) is 50.4. The summed E-state index contributed by atoms with van der Waals surface area (Å²) in [6, 6.07) is 25.6. The Morgan fingerprint density at radius 3 is 1.96 bits per heavy atom. The number of carbonyl (C=O) groups is 4. The van der Waals surface area contributed by atoms with Crippen LogP contribution in [0.4, 0.5) is 5.69 Å². The first-order chi connectivity index (χ1) is 23.2. The lowest BCUT2D eigenvalue weighted by atomic mass is 10.0. The number of aromatic hydroxyl groups is 1. The van der Waals surface area contributed by atoms with E-state index in [2.05, 4.69) is 17.6 Å². The number of phenols is 1. The van der Waals surface area contributed by atoms with Gasteiger partial charge in [-0.1, -0.05) is 56.9 Å². The van der Waals surface area contributed by atoms with Gasteiger partial charge in [-0.3, -0.25) is 14.4 Å². The molecule has 4 rings (SSSR count). The number of nitrogens with one attached hydrogen (secondary N) is 2.